The molecule has 1 saturated heterocycles. The molecule has 1 unspecified atom stereocenters. The minimum Gasteiger partial charge on any atom is -0.456 e. The molecule has 17 heavy (non-hydrogen) atoms. The molecule has 0 aliphatic carbocycles. The second-order valence-electron chi connectivity index (χ2n) is 4.17. The van der Waals surface area contributed by atoms with Crippen molar-refractivity contribution in [1.29, 1.82) is 0 Å². The van der Waals surface area contributed by atoms with Crippen molar-refractivity contribution in [3.63, 3.8) is 0 Å². The molecule has 4 heteroatoms. The largest absolute Gasteiger partial charge is 0.456 e. The Morgan fingerprint density at radius 1 is 1.53 bits per heavy atom. The monoisotopic (exact) mass is 235 g/mol. The van der Waals surface area contributed by atoms with Crippen molar-refractivity contribution in [3.8, 4) is 0 Å². The average Bonchev–Trinajstić information content (AvgIpc) is 2.81. The summed E-state index contributed by atoms with van der Waals surface area (Å²) in [6.45, 7) is 3.15. The highest BCUT2D eigenvalue weighted by molar-refractivity contribution is 5.90. The molecule has 2 rings (SSSR count). The third kappa shape index (κ3) is 2.77. The summed E-state index contributed by atoms with van der Waals surface area (Å²) in [5.41, 5.74) is 2.64. The maximum absolute atomic E-state index is 11.9. The lowest BCUT2D eigenvalue weighted by Gasteiger charge is -2.11. The van der Waals surface area contributed by atoms with Gasteiger partial charge in [0.05, 0.1) is 18.8 Å². The van der Waals surface area contributed by atoms with E-state index in [9.17, 15) is 4.79 Å². The Kier molecular flexibility index (Phi) is 3.64. The van der Waals surface area contributed by atoms with E-state index < -0.39 is 0 Å². The fourth-order valence-corrected chi connectivity index (χ4v) is 1.90. The van der Waals surface area contributed by atoms with E-state index >= 15 is 0 Å². The molecule has 1 aromatic carbocycles. The molecular weight excluding hydrogens is 218 g/mol. The van der Waals surface area contributed by atoms with Crippen molar-refractivity contribution in [2.24, 2.45) is 0 Å². The van der Waals surface area contributed by atoms with Gasteiger partial charge < -0.3 is 14.8 Å². The molecule has 1 fully saturated rings. The van der Waals surface area contributed by atoms with Crippen LogP contribution in [0.15, 0.2) is 18.2 Å². The standard InChI is InChI=1S/C13H17NO3/c1-9-7-10(3-4-12(9)14-2)13(15)17-11-5-6-16-8-11/h3-4,7,11,14H,5-6,8H2,1-2H3. The second-order valence-corrected chi connectivity index (χ2v) is 4.17. The van der Waals surface area contributed by atoms with E-state index in [0.717, 1.165) is 17.7 Å². The Balaban J connectivity index is 2.05. The molecule has 1 N–H and O–H groups in total. The van der Waals surface area contributed by atoms with E-state index in [0.29, 0.717) is 18.8 Å². The van der Waals surface area contributed by atoms with Crippen LogP contribution in [0.2, 0.25) is 0 Å². The van der Waals surface area contributed by atoms with Crippen molar-refractivity contribution in [1.82, 2.24) is 0 Å². The lowest BCUT2D eigenvalue weighted by atomic mass is 10.1. The average molecular weight is 235 g/mol. The quantitative estimate of drug-likeness (QED) is 0.814. The third-order valence-electron chi connectivity index (χ3n) is 2.89. The molecule has 0 radical (unpaired) electrons. The maximum atomic E-state index is 11.9. The zero-order valence-corrected chi connectivity index (χ0v) is 10.2. The van der Waals surface area contributed by atoms with Gasteiger partial charge in [-0.15, -0.1) is 0 Å². The Morgan fingerprint density at radius 2 is 2.35 bits per heavy atom. The van der Waals surface area contributed by atoms with E-state index in [2.05, 4.69) is 5.32 Å². The predicted octanol–water partition coefficient (Wildman–Crippen LogP) is 1.98. The number of esters is 1. The Bertz CT molecular complexity index is 411. The minimum absolute atomic E-state index is 0.0909. The minimum atomic E-state index is -0.272. The van der Waals surface area contributed by atoms with Gasteiger partial charge in [-0.05, 0) is 30.7 Å². The van der Waals surface area contributed by atoms with E-state index in [1.54, 1.807) is 6.07 Å². The smallest absolute Gasteiger partial charge is 0.338 e. The topological polar surface area (TPSA) is 47.6 Å². The van der Waals surface area contributed by atoms with Gasteiger partial charge in [0.2, 0.25) is 0 Å². The lowest BCUT2D eigenvalue weighted by molar-refractivity contribution is 0.0270. The summed E-state index contributed by atoms with van der Waals surface area (Å²) >= 11 is 0. The van der Waals surface area contributed by atoms with Crippen LogP contribution in [-0.4, -0.2) is 32.3 Å². The lowest BCUT2D eigenvalue weighted by Crippen LogP contribution is -2.18. The number of benzene rings is 1. The van der Waals surface area contributed by atoms with Gasteiger partial charge in [-0.3, -0.25) is 0 Å². The van der Waals surface area contributed by atoms with Crippen molar-refractivity contribution in [2.75, 3.05) is 25.6 Å². The molecule has 0 bridgehead atoms. The number of carbonyl (C=O) groups is 1. The maximum Gasteiger partial charge on any atom is 0.338 e. The highest BCUT2D eigenvalue weighted by atomic mass is 16.6. The molecule has 0 spiro atoms. The van der Waals surface area contributed by atoms with Gasteiger partial charge >= 0.3 is 5.97 Å². The molecule has 92 valence electrons. The molecule has 0 amide bonds. The fraction of sp³-hybridized carbons (Fsp3) is 0.462. The van der Waals surface area contributed by atoms with Gasteiger partial charge in [0.1, 0.15) is 6.10 Å². The van der Waals surface area contributed by atoms with Crippen molar-refractivity contribution in [2.45, 2.75) is 19.4 Å². The van der Waals surface area contributed by atoms with Gasteiger partial charge in [0.25, 0.3) is 0 Å². The first-order chi connectivity index (χ1) is 8.20. The van der Waals surface area contributed by atoms with Gasteiger partial charge in [0.15, 0.2) is 0 Å². The third-order valence-corrected chi connectivity index (χ3v) is 2.89. The van der Waals surface area contributed by atoms with E-state index in [4.69, 9.17) is 9.47 Å². The van der Waals surface area contributed by atoms with Gasteiger partial charge in [-0.25, -0.2) is 4.79 Å². The summed E-state index contributed by atoms with van der Waals surface area (Å²) in [7, 11) is 1.86. The Hall–Kier alpha value is -1.55. The van der Waals surface area contributed by atoms with Crippen LogP contribution in [0.5, 0.6) is 0 Å². The Labute approximate surface area is 101 Å². The molecule has 1 aliphatic rings. The first kappa shape index (κ1) is 11.9. The number of rotatable bonds is 3. The van der Waals surface area contributed by atoms with E-state index in [-0.39, 0.29) is 12.1 Å². The first-order valence-electron chi connectivity index (χ1n) is 5.78. The van der Waals surface area contributed by atoms with Crippen LogP contribution >= 0.6 is 0 Å². The number of anilines is 1. The number of aryl methyl sites for hydroxylation is 1. The normalized spacial score (nSPS) is 19.1. The molecule has 1 atom stereocenters. The summed E-state index contributed by atoms with van der Waals surface area (Å²) in [6.07, 6.45) is 0.700. The highest BCUT2D eigenvalue weighted by Crippen LogP contribution is 2.18. The number of nitrogens with one attached hydrogen (secondary N) is 1. The van der Waals surface area contributed by atoms with Crippen LogP contribution in [0, 0.1) is 6.92 Å². The van der Waals surface area contributed by atoms with Crippen LogP contribution in [0.1, 0.15) is 22.3 Å². The molecular formula is C13H17NO3. The molecule has 1 heterocycles. The van der Waals surface area contributed by atoms with Crippen molar-refractivity contribution < 1.29 is 14.3 Å². The van der Waals surface area contributed by atoms with E-state index in [1.807, 2.05) is 26.1 Å². The highest BCUT2D eigenvalue weighted by Gasteiger charge is 2.20. The second kappa shape index (κ2) is 5.19. The number of ether oxygens (including phenoxy) is 2. The van der Waals surface area contributed by atoms with Crippen LogP contribution in [0.3, 0.4) is 0 Å². The van der Waals surface area contributed by atoms with Gasteiger partial charge in [-0.1, -0.05) is 0 Å². The molecule has 0 saturated carbocycles. The molecule has 1 aromatic rings. The fourth-order valence-electron chi connectivity index (χ4n) is 1.90. The van der Waals surface area contributed by atoms with Gasteiger partial charge in [-0.2, -0.15) is 0 Å². The van der Waals surface area contributed by atoms with Crippen LogP contribution in [0.25, 0.3) is 0 Å². The summed E-state index contributed by atoms with van der Waals surface area (Å²) < 4.78 is 10.5. The predicted molar refractivity (Wildman–Crippen MR) is 65.4 cm³/mol. The summed E-state index contributed by atoms with van der Waals surface area (Å²) in [6, 6.07) is 5.50. The van der Waals surface area contributed by atoms with Gasteiger partial charge in [0, 0.05) is 19.2 Å². The van der Waals surface area contributed by atoms with E-state index in [1.165, 1.54) is 0 Å². The molecule has 1 aliphatic heterocycles. The first-order valence-corrected chi connectivity index (χ1v) is 5.78. The zero-order valence-electron chi connectivity index (χ0n) is 10.2. The molecule has 4 nitrogen and oxygen atoms in total. The Morgan fingerprint density at radius 3 is 2.94 bits per heavy atom. The van der Waals surface area contributed by atoms with Crippen LogP contribution in [-0.2, 0) is 9.47 Å². The van der Waals surface area contributed by atoms with Crippen LogP contribution < -0.4 is 5.32 Å². The number of hydrogen-bond acceptors (Lipinski definition) is 4. The summed E-state index contributed by atoms with van der Waals surface area (Å²) in [5.74, 6) is -0.272. The summed E-state index contributed by atoms with van der Waals surface area (Å²) in [4.78, 5) is 11.9. The van der Waals surface area contributed by atoms with Crippen molar-refractivity contribution in [3.05, 3.63) is 29.3 Å². The van der Waals surface area contributed by atoms with Crippen LogP contribution in [0.4, 0.5) is 5.69 Å². The number of hydrogen-bond donors (Lipinski definition) is 1. The summed E-state index contributed by atoms with van der Waals surface area (Å²) in [5, 5.41) is 3.06. The zero-order chi connectivity index (χ0) is 12.3. The molecule has 0 aromatic heterocycles. The SMILES string of the molecule is CNc1ccc(C(=O)OC2CCOC2)cc1C. The number of carbonyl (C=O) groups excluding carboxylic acids is 1. The van der Waals surface area contributed by atoms with Crippen molar-refractivity contribution >= 4 is 11.7 Å².